The van der Waals surface area contributed by atoms with Gasteiger partial charge in [-0.15, -0.1) is 0 Å². The maximum absolute atomic E-state index is 12.6. The summed E-state index contributed by atoms with van der Waals surface area (Å²) < 4.78 is 0. The van der Waals surface area contributed by atoms with E-state index in [-0.39, 0.29) is 11.8 Å². The van der Waals surface area contributed by atoms with Gasteiger partial charge in [0.2, 0.25) is 5.91 Å². The number of nitrogens with zero attached hydrogens (tertiary/aromatic N) is 1. The van der Waals surface area contributed by atoms with Crippen LogP contribution < -0.4 is 10.2 Å². The predicted molar refractivity (Wildman–Crippen MR) is 74.7 cm³/mol. The van der Waals surface area contributed by atoms with Gasteiger partial charge in [-0.2, -0.15) is 0 Å². The van der Waals surface area contributed by atoms with Gasteiger partial charge in [-0.05, 0) is 44.5 Å². The second kappa shape index (κ2) is 5.53. The molecule has 1 atom stereocenters. The van der Waals surface area contributed by atoms with Crippen LogP contribution in [-0.4, -0.2) is 25.5 Å². The lowest BCUT2D eigenvalue weighted by Gasteiger charge is -2.35. The molecule has 1 unspecified atom stereocenters. The van der Waals surface area contributed by atoms with E-state index in [1.54, 1.807) is 0 Å². The number of hydrogen-bond donors (Lipinski definition) is 1. The van der Waals surface area contributed by atoms with Gasteiger partial charge in [0.1, 0.15) is 0 Å². The van der Waals surface area contributed by atoms with Crippen LogP contribution in [0.15, 0.2) is 24.3 Å². The molecule has 0 aliphatic carbocycles. The molecule has 1 N–H and O–H groups in total. The van der Waals surface area contributed by atoms with E-state index in [0.717, 1.165) is 30.9 Å². The van der Waals surface area contributed by atoms with Crippen LogP contribution in [0.25, 0.3) is 0 Å². The van der Waals surface area contributed by atoms with Crippen molar-refractivity contribution in [3.8, 4) is 0 Å². The van der Waals surface area contributed by atoms with Crippen LogP contribution in [0.1, 0.15) is 19.4 Å². The summed E-state index contributed by atoms with van der Waals surface area (Å²) in [4.78, 5) is 14.5. The minimum Gasteiger partial charge on any atom is -0.316 e. The first-order valence-electron chi connectivity index (χ1n) is 6.72. The minimum absolute atomic E-state index is 0.103. The SMILES string of the molecule is CCN(C(=O)C(C)C1CNC1)c1ccccc1C. The van der Waals surface area contributed by atoms with E-state index in [4.69, 9.17) is 0 Å². The topological polar surface area (TPSA) is 32.3 Å². The lowest BCUT2D eigenvalue weighted by Crippen LogP contribution is -2.50. The molecule has 0 bridgehead atoms. The van der Waals surface area contributed by atoms with Crippen molar-refractivity contribution in [3.05, 3.63) is 29.8 Å². The number of carbonyl (C=O) groups excluding carboxylic acids is 1. The van der Waals surface area contributed by atoms with E-state index in [9.17, 15) is 4.79 Å². The standard InChI is InChI=1S/C15H22N2O/c1-4-17(14-8-6-5-7-11(14)2)15(18)12(3)13-9-16-10-13/h5-8,12-13,16H,4,9-10H2,1-3H3. The van der Waals surface area contributed by atoms with Crippen molar-refractivity contribution in [3.63, 3.8) is 0 Å². The number of rotatable bonds is 4. The summed E-state index contributed by atoms with van der Waals surface area (Å²) in [6, 6.07) is 8.09. The fourth-order valence-corrected chi connectivity index (χ4v) is 2.42. The lowest BCUT2D eigenvalue weighted by atomic mass is 9.87. The van der Waals surface area contributed by atoms with Crippen LogP contribution in [0.5, 0.6) is 0 Å². The van der Waals surface area contributed by atoms with Crippen molar-refractivity contribution < 1.29 is 4.79 Å². The first kappa shape index (κ1) is 13.1. The smallest absolute Gasteiger partial charge is 0.230 e. The summed E-state index contributed by atoms with van der Waals surface area (Å²) in [7, 11) is 0. The van der Waals surface area contributed by atoms with Gasteiger partial charge in [-0.1, -0.05) is 25.1 Å². The Morgan fingerprint density at radius 1 is 1.44 bits per heavy atom. The molecule has 1 heterocycles. The molecule has 1 fully saturated rings. The molecular formula is C15H22N2O. The van der Waals surface area contributed by atoms with Gasteiger partial charge in [0, 0.05) is 18.2 Å². The number of hydrogen-bond acceptors (Lipinski definition) is 2. The molecule has 0 saturated carbocycles. The number of anilines is 1. The monoisotopic (exact) mass is 246 g/mol. The van der Waals surface area contributed by atoms with Crippen molar-refractivity contribution in [1.29, 1.82) is 0 Å². The maximum Gasteiger partial charge on any atom is 0.230 e. The van der Waals surface area contributed by atoms with E-state index in [1.807, 2.05) is 30.0 Å². The van der Waals surface area contributed by atoms with Crippen molar-refractivity contribution in [2.75, 3.05) is 24.5 Å². The number of amides is 1. The van der Waals surface area contributed by atoms with Gasteiger partial charge in [0.05, 0.1) is 0 Å². The van der Waals surface area contributed by atoms with E-state index in [1.165, 1.54) is 0 Å². The van der Waals surface area contributed by atoms with Gasteiger partial charge >= 0.3 is 0 Å². The molecule has 98 valence electrons. The quantitative estimate of drug-likeness (QED) is 0.883. The number of benzene rings is 1. The summed E-state index contributed by atoms with van der Waals surface area (Å²) in [5.74, 6) is 0.847. The molecule has 18 heavy (non-hydrogen) atoms. The first-order valence-corrected chi connectivity index (χ1v) is 6.72. The summed E-state index contributed by atoms with van der Waals surface area (Å²) in [6.45, 7) is 8.82. The van der Waals surface area contributed by atoms with E-state index >= 15 is 0 Å². The maximum atomic E-state index is 12.6. The fraction of sp³-hybridized carbons (Fsp3) is 0.533. The van der Waals surface area contributed by atoms with Gasteiger partial charge in [-0.3, -0.25) is 4.79 Å². The Balaban J connectivity index is 2.17. The third-order valence-corrected chi connectivity index (χ3v) is 3.90. The zero-order valence-electron chi connectivity index (χ0n) is 11.4. The molecule has 1 amide bonds. The Morgan fingerprint density at radius 2 is 2.11 bits per heavy atom. The molecule has 1 aromatic carbocycles. The van der Waals surface area contributed by atoms with E-state index < -0.39 is 0 Å². The number of nitrogens with one attached hydrogen (secondary N) is 1. The molecule has 0 aromatic heterocycles. The highest BCUT2D eigenvalue weighted by Gasteiger charge is 2.31. The molecule has 1 aliphatic heterocycles. The molecule has 0 radical (unpaired) electrons. The van der Waals surface area contributed by atoms with Gasteiger partial charge < -0.3 is 10.2 Å². The zero-order valence-corrected chi connectivity index (χ0v) is 11.4. The Labute approximate surface area is 109 Å². The fourth-order valence-electron chi connectivity index (χ4n) is 2.42. The minimum atomic E-state index is 0.103. The summed E-state index contributed by atoms with van der Waals surface area (Å²) in [6.07, 6.45) is 0. The van der Waals surface area contributed by atoms with Gasteiger partial charge in [-0.25, -0.2) is 0 Å². The lowest BCUT2D eigenvalue weighted by molar-refractivity contribution is -0.124. The van der Waals surface area contributed by atoms with Crippen LogP contribution in [0, 0.1) is 18.8 Å². The third-order valence-electron chi connectivity index (χ3n) is 3.90. The first-order chi connectivity index (χ1) is 8.65. The van der Waals surface area contributed by atoms with Crippen molar-refractivity contribution in [1.82, 2.24) is 5.32 Å². The second-order valence-electron chi connectivity index (χ2n) is 5.08. The molecule has 3 heteroatoms. The Morgan fingerprint density at radius 3 is 2.61 bits per heavy atom. The van der Waals surface area contributed by atoms with Crippen molar-refractivity contribution in [2.45, 2.75) is 20.8 Å². The van der Waals surface area contributed by atoms with E-state index in [2.05, 4.69) is 25.2 Å². The Hall–Kier alpha value is -1.35. The number of carbonyl (C=O) groups is 1. The van der Waals surface area contributed by atoms with Crippen LogP contribution >= 0.6 is 0 Å². The van der Waals surface area contributed by atoms with Gasteiger partial charge in [0.25, 0.3) is 0 Å². The molecule has 3 nitrogen and oxygen atoms in total. The molecule has 0 spiro atoms. The summed E-state index contributed by atoms with van der Waals surface area (Å²) >= 11 is 0. The summed E-state index contributed by atoms with van der Waals surface area (Å²) in [5.41, 5.74) is 2.20. The van der Waals surface area contributed by atoms with E-state index in [0.29, 0.717) is 5.92 Å². The molecule has 2 rings (SSSR count). The highest BCUT2D eigenvalue weighted by molar-refractivity contribution is 5.95. The van der Waals surface area contributed by atoms with Crippen LogP contribution in [0.3, 0.4) is 0 Å². The molecular weight excluding hydrogens is 224 g/mol. The summed E-state index contributed by atoms with van der Waals surface area (Å²) in [5, 5.41) is 3.23. The Kier molecular flexibility index (Phi) is 4.02. The number of aryl methyl sites for hydroxylation is 1. The molecule has 1 aliphatic rings. The third kappa shape index (κ3) is 2.41. The highest BCUT2D eigenvalue weighted by Crippen LogP contribution is 2.24. The average Bonchev–Trinajstić information content (AvgIpc) is 2.30. The van der Waals surface area contributed by atoms with Gasteiger partial charge in [0.15, 0.2) is 0 Å². The highest BCUT2D eigenvalue weighted by atomic mass is 16.2. The normalized spacial score (nSPS) is 17.1. The average molecular weight is 246 g/mol. The number of para-hydroxylation sites is 1. The predicted octanol–water partition coefficient (Wildman–Crippen LogP) is 2.20. The van der Waals surface area contributed by atoms with Crippen LogP contribution in [0.2, 0.25) is 0 Å². The molecule has 1 aromatic rings. The zero-order chi connectivity index (χ0) is 13.1. The van der Waals surface area contributed by atoms with Crippen LogP contribution in [-0.2, 0) is 4.79 Å². The van der Waals surface area contributed by atoms with Crippen LogP contribution in [0.4, 0.5) is 5.69 Å². The Bertz CT molecular complexity index is 426. The largest absolute Gasteiger partial charge is 0.316 e. The van der Waals surface area contributed by atoms with Crippen molar-refractivity contribution >= 4 is 11.6 Å². The van der Waals surface area contributed by atoms with Crippen molar-refractivity contribution in [2.24, 2.45) is 11.8 Å². The second-order valence-corrected chi connectivity index (χ2v) is 5.08. The molecule has 1 saturated heterocycles.